The first-order chi connectivity index (χ1) is 12.7. The number of non-ortho nitro benzene ring substituents is 1. The predicted molar refractivity (Wildman–Crippen MR) is 104 cm³/mol. The second-order valence-electron chi connectivity index (χ2n) is 6.22. The number of aryl methyl sites for hydroxylation is 1. The average Bonchev–Trinajstić information content (AvgIpc) is 2.60. The van der Waals surface area contributed by atoms with Crippen molar-refractivity contribution in [3.8, 4) is 5.75 Å². The molecule has 0 spiro atoms. The van der Waals surface area contributed by atoms with E-state index in [0.717, 1.165) is 5.56 Å². The van der Waals surface area contributed by atoms with E-state index in [0.29, 0.717) is 18.0 Å². The van der Waals surface area contributed by atoms with E-state index in [-0.39, 0.29) is 23.2 Å². The number of nitrogens with zero attached hydrogens (tertiary/aromatic N) is 1. The molecular weight excluding hydrogens is 370 g/mol. The number of rotatable bonds is 9. The van der Waals surface area contributed by atoms with Crippen molar-refractivity contribution in [2.75, 3.05) is 18.4 Å². The van der Waals surface area contributed by atoms with Gasteiger partial charge >= 0.3 is 0 Å². The number of nitro groups is 1. The molecule has 2 aromatic carbocycles. The summed E-state index contributed by atoms with van der Waals surface area (Å²) in [5, 5.41) is 13.6. The van der Waals surface area contributed by atoms with E-state index >= 15 is 0 Å². The maximum Gasteiger partial charge on any atom is 0.269 e. The van der Waals surface area contributed by atoms with Gasteiger partial charge in [-0.2, -0.15) is 0 Å². The molecule has 9 heteroatoms. The Morgan fingerprint density at radius 1 is 1.11 bits per heavy atom. The lowest BCUT2D eigenvalue weighted by Crippen LogP contribution is -2.29. The molecule has 0 saturated carbocycles. The molecule has 2 N–H and O–H groups in total. The van der Waals surface area contributed by atoms with Gasteiger partial charge in [0, 0.05) is 30.9 Å². The predicted octanol–water partition coefficient (Wildman–Crippen LogP) is 3.08. The van der Waals surface area contributed by atoms with Gasteiger partial charge in [0.15, 0.2) is 0 Å². The molecule has 0 unspecified atom stereocenters. The fourth-order valence-electron chi connectivity index (χ4n) is 2.35. The number of sulfonamides is 1. The van der Waals surface area contributed by atoms with Crippen LogP contribution in [0.4, 0.5) is 11.4 Å². The molecule has 8 nitrogen and oxygen atoms in total. The van der Waals surface area contributed by atoms with Gasteiger partial charge in [-0.3, -0.25) is 10.1 Å². The smallest absolute Gasteiger partial charge is 0.269 e. The number of benzene rings is 2. The third-order valence-electron chi connectivity index (χ3n) is 3.64. The van der Waals surface area contributed by atoms with Gasteiger partial charge < -0.3 is 10.1 Å². The highest BCUT2D eigenvalue weighted by atomic mass is 32.2. The normalized spacial score (nSPS) is 11.4. The van der Waals surface area contributed by atoms with Crippen LogP contribution in [0.5, 0.6) is 5.75 Å². The highest BCUT2D eigenvalue weighted by Crippen LogP contribution is 2.22. The van der Waals surface area contributed by atoms with Crippen LogP contribution >= 0.6 is 0 Å². The van der Waals surface area contributed by atoms with Crippen LogP contribution in [-0.4, -0.2) is 32.5 Å². The molecule has 0 saturated heterocycles. The molecule has 0 aromatic heterocycles. The summed E-state index contributed by atoms with van der Waals surface area (Å²) in [5.74, 6) is 0.656. The van der Waals surface area contributed by atoms with Crippen molar-refractivity contribution in [2.45, 2.75) is 31.8 Å². The Morgan fingerprint density at radius 3 is 2.33 bits per heavy atom. The Balaban J connectivity index is 1.91. The summed E-state index contributed by atoms with van der Waals surface area (Å²) in [4.78, 5) is 10.3. The molecule has 0 bridgehead atoms. The van der Waals surface area contributed by atoms with Crippen LogP contribution in [0, 0.1) is 17.0 Å². The molecule has 0 aliphatic rings. The molecule has 0 aliphatic heterocycles. The van der Waals surface area contributed by atoms with Crippen molar-refractivity contribution >= 4 is 21.4 Å². The standard InChI is InChI=1S/C18H23N3O5S/c1-13(2)26-18-9-8-17(12-14(18)3)27(24,25)20-11-10-19-15-4-6-16(7-5-15)21(22)23/h4-9,12-13,19-20H,10-11H2,1-3H3. The van der Waals surface area contributed by atoms with Gasteiger partial charge in [-0.05, 0) is 56.7 Å². The second kappa shape index (κ2) is 8.83. The van der Waals surface area contributed by atoms with E-state index in [2.05, 4.69) is 10.0 Å². The van der Waals surface area contributed by atoms with E-state index in [1.54, 1.807) is 31.2 Å². The zero-order valence-electron chi connectivity index (χ0n) is 15.4. The van der Waals surface area contributed by atoms with Crippen LogP contribution in [0.15, 0.2) is 47.4 Å². The van der Waals surface area contributed by atoms with Gasteiger partial charge in [0.05, 0.1) is 15.9 Å². The van der Waals surface area contributed by atoms with Crippen molar-refractivity contribution in [1.29, 1.82) is 0 Å². The van der Waals surface area contributed by atoms with Crippen LogP contribution in [-0.2, 0) is 10.0 Å². The highest BCUT2D eigenvalue weighted by Gasteiger charge is 2.15. The summed E-state index contributed by atoms with van der Waals surface area (Å²) in [5.41, 5.74) is 1.42. The summed E-state index contributed by atoms with van der Waals surface area (Å²) in [7, 11) is -3.64. The van der Waals surface area contributed by atoms with Crippen molar-refractivity contribution < 1.29 is 18.1 Å². The monoisotopic (exact) mass is 393 g/mol. The summed E-state index contributed by atoms with van der Waals surface area (Å²) in [6.07, 6.45) is 0.00905. The molecule has 0 radical (unpaired) electrons. The van der Waals surface area contributed by atoms with Gasteiger partial charge in [-0.1, -0.05) is 0 Å². The minimum absolute atomic E-state index is 0.00140. The number of nitro benzene ring substituents is 1. The molecule has 0 heterocycles. The van der Waals surface area contributed by atoms with Crippen molar-refractivity contribution in [3.05, 3.63) is 58.1 Å². The Labute approximate surface area is 158 Å². The quantitative estimate of drug-likeness (QED) is 0.385. The van der Waals surface area contributed by atoms with Crippen molar-refractivity contribution in [1.82, 2.24) is 4.72 Å². The van der Waals surface area contributed by atoms with Crippen molar-refractivity contribution in [3.63, 3.8) is 0 Å². The number of hydrogen-bond donors (Lipinski definition) is 2. The number of anilines is 1. The Kier molecular flexibility index (Phi) is 6.75. The summed E-state index contributed by atoms with van der Waals surface area (Å²) >= 11 is 0. The molecule has 2 aromatic rings. The molecule has 0 amide bonds. The molecular formula is C18H23N3O5S. The van der Waals surface area contributed by atoms with Gasteiger partial charge in [0.1, 0.15) is 5.75 Å². The third kappa shape index (κ3) is 5.93. The molecule has 146 valence electrons. The average molecular weight is 393 g/mol. The van der Waals surface area contributed by atoms with E-state index in [4.69, 9.17) is 4.74 Å². The maximum atomic E-state index is 12.4. The molecule has 0 aliphatic carbocycles. The number of nitrogens with one attached hydrogen (secondary N) is 2. The van der Waals surface area contributed by atoms with Gasteiger partial charge in [0.25, 0.3) is 5.69 Å². The number of hydrogen-bond acceptors (Lipinski definition) is 6. The summed E-state index contributed by atoms with van der Waals surface area (Å²) < 4.78 is 32.9. The highest BCUT2D eigenvalue weighted by molar-refractivity contribution is 7.89. The Morgan fingerprint density at radius 2 is 1.78 bits per heavy atom. The largest absolute Gasteiger partial charge is 0.491 e. The zero-order chi connectivity index (χ0) is 20.0. The van der Waals surface area contributed by atoms with E-state index in [1.807, 2.05) is 13.8 Å². The summed E-state index contributed by atoms with van der Waals surface area (Å²) in [6, 6.07) is 10.7. The van der Waals surface area contributed by atoms with Crippen LogP contribution in [0.3, 0.4) is 0 Å². The number of ether oxygens (including phenoxy) is 1. The topological polar surface area (TPSA) is 111 Å². The van der Waals surface area contributed by atoms with E-state index in [9.17, 15) is 18.5 Å². The van der Waals surface area contributed by atoms with Crippen LogP contribution in [0.2, 0.25) is 0 Å². The Bertz CT molecular complexity index is 896. The van der Waals surface area contributed by atoms with Crippen LogP contribution in [0.1, 0.15) is 19.4 Å². The van der Waals surface area contributed by atoms with Gasteiger partial charge in [0.2, 0.25) is 10.0 Å². The summed E-state index contributed by atoms with van der Waals surface area (Å²) in [6.45, 7) is 6.12. The minimum Gasteiger partial charge on any atom is -0.491 e. The molecule has 0 fully saturated rings. The zero-order valence-corrected chi connectivity index (χ0v) is 16.2. The molecule has 27 heavy (non-hydrogen) atoms. The Hall–Kier alpha value is -2.65. The van der Waals surface area contributed by atoms with Gasteiger partial charge in [-0.15, -0.1) is 0 Å². The first-order valence-electron chi connectivity index (χ1n) is 8.44. The lowest BCUT2D eigenvalue weighted by atomic mass is 10.2. The lowest BCUT2D eigenvalue weighted by molar-refractivity contribution is -0.384. The molecule has 2 rings (SSSR count). The van der Waals surface area contributed by atoms with Gasteiger partial charge in [-0.25, -0.2) is 13.1 Å². The van der Waals surface area contributed by atoms with Crippen molar-refractivity contribution in [2.24, 2.45) is 0 Å². The first kappa shape index (κ1) is 20.7. The fraction of sp³-hybridized carbons (Fsp3) is 0.333. The van der Waals surface area contributed by atoms with Crippen LogP contribution in [0.25, 0.3) is 0 Å². The third-order valence-corrected chi connectivity index (χ3v) is 5.10. The van der Waals surface area contributed by atoms with Crippen LogP contribution < -0.4 is 14.8 Å². The minimum atomic E-state index is -3.64. The SMILES string of the molecule is Cc1cc(S(=O)(=O)NCCNc2ccc([N+](=O)[O-])cc2)ccc1OC(C)C. The lowest BCUT2D eigenvalue weighted by Gasteiger charge is -2.14. The van der Waals surface area contributed by atoms with E-state index in [1.165, 1.54) is 18.2 Å². The first-order valence-corrected chi connectivity index (χ1v) is 9.92. The maximum absolute atomic E-state index is 12.4. The second-order valence-corrected chi connectivity index (χ2v) is 7.99. The van der Waals surface area contributed by atoms with E-state index < -0.39 is 14.9 Å². The molecule has 0 atom stereocenters. The fourth-order valence-corrected chi connectivity index (χ4v) is 3.47.